The molecule has 0 atom stereocenters. The molecule has 0 fully saturated rings. The number of hydrogen-bond acceptors (Lipinski definition) is 4. The molecule has 3 aromatic rings. The van der Waals surface area contributed by atoms with Crippen molar-refractivity contribution in [3.05, 3.63) is 29.1 Å². The Morgan fingerprint density at radius 2 is 2.22 bits per heavy atom. The summed E-state index contributed by atoms with van der Waals surface area (Å²) < 4.78 is 7.41. The van der Waals surface area contributed by atoms with E-state index in [0.717, 1.165) is 33.6 Å². The number of fused-ring (bicyclic) bond motifs is 1. The van der Waals surface area contributed by atoms with E-state index in [1.807, 2.05) is 29.8 Å². The van der Waals surface area contributed by atoms with Gasteiger partial charge in [-0.1, -0.05) is 25.2 Å². The smallest absolute Gasteiger partial charge is 0.212 e. The van der Waals surface area contributed by atoms with Crippen LogP contribution in [0.4, 0.5) is 0 Å². The summed E-state index contributed by atoms with van der Waals surface area (Å²) in [5, 5.41) is 5.67. The van der Waals surface area contributed by atoms with Gasteiger partial charge in [0.05, 0.1) is 6.20 Å². The zero-order chi connectivity index (χ0) is 12.7. The molecule has 94 valence electrons. The summed E-state index contributed by atoms with van der Waals surface area (Å²) >= 11 is 1.65. The minimum atomic E-state index is 0.619. The third-order valence-corrected chi connectivity index (χ3v) is 3.61. The van der Waals surface area contributed by atoms with Crippen LogP contribution in [-0.2, 0) is 6.42 Å². The molecule has 0 N–H and O–H groups in total. The molecule has 0 radical (unpaired) electrons. The second-order valence-electron chi connectivity index (χ2n) is 4.86. The van der Waals surface area contributed by atoms with Gasteiger partial charge in [-0.15, -0.1) is 0 Å². The first-order chi connectivity index (χ1) is 8.61. The molecule has 3 rings (SSSR count). The van der Waals surface area contributed by atoms with Gasteiger partial charge in [0.1, 0.15) is 16.5 Å². The van der Waals surface area contributed by atoms with Gasteiger partial charge in [0.15, 0.2) is 5.76 Å². The fourth-order valence-corrected chi connectivity index (χ4v) is 2.95. The van der Waals surface area contributed by atoms with Crippen LogP contribution in [0, 0.1) is 12.8 Å². The molecule has 0 spiro atoms. The minimum absolute atomic E-state index is 0.619. The van der Waals surface area contributed by atoms with Gasteiger partial charge < -0.3 is 4.42 Å². The van der Waals surface area contributed by atoms with Crippen molar-refractivity contribution in [3.8, 4) is 11.5 Å². The maximum Gasteiger partial charge on any atom is 0.212 e. The van der Waals surface area contributed by atoms with E-state index in [4.69, 9.17) is 4.42 Å². The number of imidazole rings is 1. The minimum Gasteiger partial charge on any atom is -0.460 e. The van der Waals surface area contributed by atoms with Gasteiger partial charge in [0.25, 0.3) is 0 Å². The van der Waals surface area contributed by atoms with Crippen molar-refractivity contribution >= 4 is 16.3 Å². The van der Waals surface area contributed by atoms with E-state index in [2.05, 4.69) is 23.9 Å². The summed E-state index contributed by atoms with van der Waals surface area (Å²) in [7, 11) is 0. The molecule has 0 saturated carbocycles. The van der Waals surface area contributed by atoms with Crippen LogP contribution >= 0.6 is 11.3 Å². The van der Waals surface area contributed by atoms with Crippen LogP contribution in [0.5, 0.6) is 0 Å². The standard InChI is InChI=1S/C13H15N3OS/c1-8(2)6-12-15-16-7-10(14-13(16)18-12)11-5-4-9(3)17-11/h4-5,7-8H,6H2,1-3H3. The zero-order valence-corrected chi connectivity index (χ0v) is 11.5. The van der Waals surface area contributed by atoms with Gasteiger partial charge >= 0.3 is 0 Å². The van der Waals surface area contributed by atoms with Crippen molar-refractivity contribution in [3.63, 3.8) is 0 Å². The summed E-state index contributed by atoms with van der Waals surface area (Å²) in [4.78, 5) is 5.48. The van der Waals surface area contributed by atoms with Crippen LogP contribution in [-0.4, -0.2) is 14.6 Å². The molecular formula is C13H15N3OS. The first kappa shape index (κ1) is 11.5. The molecule has 0 aliphatic heterocycles. The number of aromatic nitrogens is 3. The van der Waals surface area contributed by atoms with E-state index in [1.54, 1.807) is 11.3 Å². The lowest BCUT2D eigenvalue weighted by Gasteiger charge is -1.97. The van der Waals surface area contributed by atoms with Crippen LogP contribution in [0.25, 0.3) is 16.4 Å². The lowest BCUT2D eigenvalue weighted by Crippen LogP contribution is -1.94. The maximum atomic E-state index is 5.56. The Labute approximate surface area is 109 Å². The molecule has 0 amide bonds. The highest BCUT2D eigenvalue weighted by Gasteiger charge is 2.12. The Balaban J connectivity index is 1.95. The van der Waals surface area contributed by atoms with E-state index in [1.165, 1.54) is 0 Å². The molecule has 3 aromatic heterocycles. The van der Waals surface area contributed by atoms with Gasteiger partial charge in [-0.05, 0) is 25.0 Å². The monoisotopic (exact) mass is 261 g/mol. The van der Waals surface area contributed by atoms with Crippen LogP contribution in [0.15, 0.2) is 22.7 Å². The van der Waals surface area contributed by atoms with E-state index in [-0.39, 0.29) is 0 Å². The second kappa shape index (κ2) is 4.24. The average Bonchev–Trinajstić information content (AvgIpc) is 2.90. The number of furan rings is 1. The summed E-state index contributed by atoms with van der Waals surface area (Å²) in [6, 6.07) is 3.89. The largest absolute Gasteiger partial charge is 0.460 e. The zero-order valence-electron chi connectivity index (χ0n) is 10.7. The summed E-state index contributed by atoms with van der Waals surface area (Å²) in [5.74, 6) is 2.32. The normalized spacial score (nSPS) is 11.8. The van der Waals surface area contributed by atoms with Crippen molar-refractivity contribution in [1.29, 1.82) is 0 Å². The Morgan fingerprint density at radius 3 is 2.83 bits per heavy atom. The number of rotatable bonds is 3. The highest BCUT2D eigenvalue weighted by atomic mass is 32.1. The molecule has 0 aromatic carbocycles. The molecule has 0 bridgehead atoms. The second-order valence-corrected chi connectivity index (χ2v) is 5.90. The predicted octanol–water partition coefficient (Wildman–Crippen LogP) is 3.56. The van der Waals surface area contributed by atoms with Crippen molar-refractivity contribution in [2.75, 3.05) is 0 Å². The fraction of sp³-hybridized carbons (Fsp3) is 0.385. The van der Waals surface area contributed by atoms with Crippen molar-refractivity contribution in [1.82, 2.24) is 14.6 Å². The molecule has 3 heterocycles. The van der Waals surface area contributed by atoms with E-state index in [0.29, 0.717) is 5.92 Å². The third kappa shape index (κ3) is 2.06. The van der Waals surface area contributed by atoms with Crippen LogP contribution < -0.4 is 0 Å². The van der Waals surface area contributed by atoms with Gasteiger partial charge in [0.2, 0.25) is 4.96 Å². The van der Waals surface area contributed by atoms with Crippen molar-refractivity contribution in [2.24, 2.45) is 5.92 Å². The van der Waals surface area contributed by atoms with E-state index < -0.39 is 0 Å². The molecule has 4 nitrogen and oxygen atoms in total. The molecule has 0 aliphatic carbocycles. The SMILES string of the molecule is Cc1ccc(-c2cn3nc(CC(C)C)sc3n2)o1. The molecule has 0 aliphatic rings. The molecule has 0 unspecified atom stereocenters. The molecule has 18 heavy (non-hydrogen) atoms. The summed E-state index contributed by atoms with van der Waals surface area (Å²) in [5.41, 5.74) is 0.845. The first-order valence-electron chi connectivity index (χ1n) is 6.03. The van der Waals surface area contributed by atoms with Gasteiger partial charge in [0, 0.05) is 6.42 Å². The van der Waals surface area contributed by atoms with E-state index in [9.17, 15) is 0 Å². The quantitative estimate of drug-likeness (QED) is 0.724. The highest BCUT2D eigenvalue weighted by Crippen LogP contribution is 2.24. The number of nitrogens with zero attached hydrogens (tertiary/aromatic N) is 3. The van der Waals surface area contributed by atoms with E-state index >= 15 is 0 Å². The Kier molecular flexibility index (Phi) is 2.70. The molecule has 5 heteroatoms. The van der Waals surface area contributed by atoms with Crippen LogP contribution in [0.3, 0.4) is 0 Å². The van der Waals surface area contributed by atoms with Gasteiger partial charge in [-0.25, -0.2) is 9.50 Å². The van der Waals surface area contributed by atoms with Gasteiger partial charge in [-0.2, -0.15) is 5.10 Å². The fourth-order valence-electron chi connectivity index (χ4n) is 1.86. The maximum absolute atomic E-state index is 5.56. The highest BCUT2D eigenvalue weighted by molar-refractivity contribution is 7.16. The Hall–Kier alpha value is -1.62. The van der Waals surface area contributed by atoms with Crippen LogP contribution in [0.1, 0.15) is 24.6 Å². The lowest BCUT2D eigenvalue weighted by molar-refractivity contribution is 0.546. The number of aryl methyl sites for hydroxylation is 1. The molecule has 0 saturated heterocycles. The predicted molar refractivity (Wildman–Crippen MR) is 71.8 cm³/mol. The van der Waals surface area contributed by atoms with Crippen molar-refractivity contribution < 1.29 is 4.42 Å². The lowest BCUT2D eigenvalue weighted by atomic mass is 10.1. The Bertz CT molecular complexity index is 646. The van der Waals surface area contributed by atoms with Crippen LogP contribution in [0.2, 0.25) is 0 Å². The van der Waals surface area contributed by atoms with Gasteiger partial charge in [-0.3, -0.25) is 0 Å². The Morgan fingerprint density at radius 1 is 1.39 bits per heavy atom. The first-order valence-corrected chi connectivity index (χ1v) is 6.85. The van der Waals surface area contributed by atoms with Crippen molar-refractivity contribution in [2.45, 2.75) is 27.2 Å². The average molecular weight is 261 g/mol. The summed E-state index contributed by atoms with van der Waals surface area (Å²) in [6.07, 6.45) is 2.93. The third-order valence-electron chi connectivity index (χ3n) is 2.66. The summed E-state index contributed by atoms with van der Waals surface area (Å²) in [6.45, 7) is 6.32. The molecular weight excluding hydrogens is 246 g/mol. The topological polar surface area (TPSA) is 43.3 Å². The number of hydrogen-bond donors (Lipinski definition) is 0.